The Morgan fingerprint density at radius 2 is 1.60 bits per heavy atom. The van der Waals surface area contributed by atoms with Crippen molar-refractivity contribution in [3.05, 3.63) is 93.7 Å². The van der Waals surface area contributed by atoms with E-state index in [2.05, 4.69) is 39.4 Å². The molecule has 4 rings (SSSR count). The number of halogens is 1. The first-order valence-electron chi connectivity index (χ1n) is 13.3. The van der Waals surface area contributed by atoms with Crippen molar-refractivity contribution in [1.82, 2.24) is 9.78 Å². The largest absolute Gasteiger partial charge is 0.480 e. The van der Waals surface area contributed by atoms with Gasteiger partial charge in [0.15, 0.2) is 0 Å². The van der Waals surface area contributed by atoms with E-state index in [1.54, 1.807) is 30.3 Å². The van der Waals surface area contributed by atoms with Crippen LogP contribution in [0.2, 0.25) is 5.02 Å². The van der Waals surface area contributed by atoms with Crippen LogP contribution in [-0.4, -0.2) is 30.1 Å². The third-order valence-corrected chi connectivity index (χ3v) is 6.80. The molecule has 10 heteroatoms. The van der Waals surface area contributed by atoms with Crippen molar-refractivity contribution in [2.75, 3.05) is 20.3 Å². The normalized spacial score (nSPS) is 11.7. The maximum Gasteiger partial charge on any atom is 0.303 e. The Morgan fingerprint density at radius 3 is 2.27 bits per heavy atom. The van der Waals surface area contributed by atoms with Crippen molar-refractivity contribution in [3.8, 4) is 11.6 Å². The van der Waals surface area contributed by atoms with Gasteiger partial charge in [0.1, 0.15) is 5.69 Å². The van der Waals surface area contributed by atoms with Gasteiger partial charge in [-0.15, -0.1) is 10.2 Å². The standard InChI is InChI=1S/C30H33ClN6O3/c1-4-21(5-2)20-40-18-17-22-11-13-23(14-12-22)32-34-27-16-15-24(19-26(27)31)33-35-28-29(39-3)36-37(30(28)38)25-9-7-6-8-10-25/h6-16,19,21,36H,4-5,17-18,20H2,1-3H3. The molecule has 4 aromatic rings. The van der Waals surface area contributed by atoms with Gasteiger partial charge in [0.05, 0.1) is 35.8 Å². The van der Waals surface area contributed by atoms with Gasteiger partial charge in [0.2, 0.25) is 11.6 Å². The Kier molecular flexibility index (Phi) is 10.4. The molecule has 0 atom stereocenters. The monoisotopic (exact) mass is 560 g/mol. The van der Waals surface area contributed by atoms with Gasteiger partial charge >= 0.3 is 5.56 Å². The van der Waals surface area contributed by atoms with Crippen LogP contribution in [0.5, 0.6) is 5.88 Å². The first kappa shape index (κ1) is 28.9. The van der Waals surface area contributed by atoms with Crippen molar-refractivity contribution >= 4 is 34.4 Å². The predicted octanol–water partition coefficient (Wildman–Crippen LogP) is 8.65. The molecule has 0 aliphatic heterocycles. The van der Waals surface area contributed by atoms with Crippen molar-refractivity contribution in [2.24, 2.45) is 26.4 Å². The fourth-order valence-corrected chi connectivity index (χ4v) is 4.16. The molecule has 0 spiro atoms. The molecule has 1 N–H and O–H groups in total. The minimum atomic E-state index is -0.386. The Bertz CT molecular complexity index is 1490. The highest BCUT2D eigenvalue weighted by Crippen LogP contribution is 2.32. The average molecular weight is 561 g/mol. The summed E-state index contributed by atoms with van der Waals surface area (Å²) in [5.74, 6) is 0.835. The maximum absolute atomic E-state index is 12.9. The maximum atomic E-state index is 12.9. The first-order valence-corrected chi connectivity index (χ1v) is 13.6. The van der Waals surface area contributed by atoms with Crippen LogP contribution >= 0.6 is 11.6 Å². The molecule has 1 aromatic heterocycles. The van der Waals surface area contributed by atoms with Gasteiger partial charge in [-0.1, -0.05) is 68.6 Å². The molecule has 40 heavy (non-hydrogen) atoms. The number of aromatic nitrogens is 2. The van der Waals surface area contributed by atoms with Gasteiger partial charge < -0.3 is 9.47 Å². The smallest absolute Gasteiger partial charge is 0.303 e. The Labute approximate surface area is 238 Å². The predicted molar refractivity (Wildman–Crippen MR) is 158 cm³/mol. The van der Waals surface area contributed by atoms with Crippen molar-refractivity contribution in [2.45, 2.75) is 33.1 Å². The number of hydrogen-bond acceptors (Lipinski definition) is 7. The summed E-state index contributed by atoms with van der Waals surface area (Å²) in [5, 5.41) is 20.1. The molecule has 0 amide bonds. The molecule has 9 nitrogen and oxygen atoms in total. The van der Waals surface area contributed by atoms with E-state index in [0.29, 0.717) is 34.6 Å². The van der Waals surface area contributed by atoms with E-state index in [-0.39, 0.29) is 17.1 Å². The molecule has 0 unspecified atom stereocenters. The lowest BCUT2D eigenvalue weighted by molar-refractivity contribution is 0.0989. The highest BCUT2D eigenvalue weighted by Gasteiger charge is 2.16. The molecule has 0 aliphatic rings. The summed E-state index contributed by atoms with van der Waals surface area (Å²) in [4.78, 5) is 12.9. The topological polar surface area (TPSA) is 106 Å². The fraction of sp³-hybridized carbons (Fsp3) is 0.300. The van der Waals surface area contributed by atoms with Gasteiger partial charge in [0, 0.05) is 6.61 Å². The number of aromatic amines is 1. The summed E-state index contributed by atoms with van der Waals surface area (Å²) in [7, 11) is 1.45. The van der Waals surface area contributed by atoms with Crippen LogP contribution in [0.3, 0.4) is 0 Å². The molecule has 0 saturated carbocycles. The summed E-state index contributed by atoms with van der Waals surface area (Å²) < 4.78 is 12.5. The first-order chi connectivity index (χ1) is 19.5. The quantitative estimate of drug-likeness (QED) is 0.130. The summed E-state index contributed by atoms with van der Waals surface area (Å²) >= 11 is 6.42. The highest BCUT2D eigenvalue weighted by atomic mass is 35.5. The molecular weight excluding hydrogens is 528 g/mol. The number of benzene rings is 3. The molecule has 0 fully saturated rings. The van der Waals surface area contributed by atoms with Gasteiger partial charge in [-0.05, 0) is 60.4 Å². The van der Waals surface area contributed by atoms with Crippen molar-refractivity contribution in [1.29, 1.82) is 0 Å². The third kappa shape index (κ3) is 7.52. The van der Waals surface area contributed by atoms with E-state index in [0.717, 1.165) is 31.6 Å². The van der Waals surface area contributed by atoms with E-state index < -0.39 is 0 Å². The summed E-state index contributed by atoms with van der Waals surface area (Å²) in [6.07, 6.45) is 3.15. The molecule has 0 aliphatic carbocycles. The highest BCUT2D eigenvalue weighted by molar-refractivity contribution is 6.33. The van der Waals surface area contributed by atoms with Gasteiger partial charge in [0.25, 0.3) is 0 Å². The van der Waals surface area contributed by atoms with E-state index in [1.165, 1.54) is 17.4 Å². The number of nitrogens with zero attached hydrogens (tertiary/aromatic N) is 5. The summed E-state index contributed by atoms with van der Waals surface area (Å²) in [5.41, 5.74) is 3.16. The van der Waals surface area contributed by atoms with E-state index in [4.69, 9.17) is 21.1 Å². The van der Waals surface area contributed by atoms with Gasteiger partial charge in [-0.2, -0.15) is 10.2 Å². The molecule has 1 heterocycles. The zero-order valence-corrected chi connectivity index (χ0v) is 23.6. The lowest BCUT2D eigenvalue weighted by atomic mass is 10.1. The van der Waals surface area contributed by atoms with E-state index >= 15 is 0 Å². The Balaban J connectivity index is 1.38. The van der Waals surface area contributed by atoms with Gasteiger partial charge in [-0.3, -0.25) is 9.89 Å². The third-order valence-electron chi connectivity index (χ3n) is 6.50. The number of H-pyrrole nitrogens is 1. The van der Waals surface area contributed by atoms with E-state index in [1.807, 2.05) is 42.5 Å². The fourth-order valence-electron chi connectivity index (χ4n) is 3.95. The second-order valence-corrected chi connectivity index (χ2v) is 9.59. The minimum absolute atomic E-state index is 0.0485. The van der Waals surface area contributed by atoms with E-state index in [9.17, 15) is 4.79 Å². The second kappa shape index (κ2) is 14.3. The Morgan fingerprint density at radius 1 is 0.900 bits per heavy atom. The van der Waals surface area contributed by atoms with Crippen LogP contribution in [0.25, 0.3) is 5.69 Å². The molecule has 3 aromatic carbocycles. The Hall–Kier alpha value is -4.08. The summed E-state index contributed by atoms with van der Waals surface area (Å²) in [6.45, 7) is 5.92. The number of azo groups is 2. The van der Waals surface area contributed by atoms with Crippen LogP contribution in [0.15, 0.2) is 98.0 Å². The van der Waals surface area contributed by atoms with Crippen LogP contribution < -0.4 is 10.3 Å². The molecule has 0 bridgehead atoms. The molecular formula is C30H33ClN6O3. The van der Waals surface area contributed by atoms with Crippen LogP contribution in [-0.2, 0) is 11.2 Å². The van der Waals surface area contributed by atoms with Crippen molar-refractivity contribution < 1.29 is 9.47 Å². The molecule has 0 saturated heterocycles. The second-order valence-electron chi connectivity index (χ2n) is 9.18. The zero-order valence-electron chi connectivity index (χ0n) is 22.9. The number of nitrogens with one attached hydrogen (secondary N) is 1. The van der Waals surface area contributed by atoms with Gasteiger partial charge in [-0.25, -0.2) is 4.68 Å². The average Bonchev–Trinajstić information content (AvgIpc) is 3.31. The number of ether oxygens (including phenoxy) is 2. The molecule has 0 radical (unpaired) electrons. The number of methoxy groups -OCH3 is 1. The SMILES string of the molecule is CCC(CC)COCCc1ccc(N=Nc2ccc(N=Nc3c(OC)[nH]n(-c4ccccc4)c3=O)cc2Cl)cc1. The van der Waals surface area contributed by atoms with Crippen molar-refractivity contribution in [3.63, 3.8) is 0 Å². The lowest BCUT2D eigenvalue weighted by Crippen LogP contribution is -2.13. The minimum Gasteiger partial charge on any atom is -0.480 e. The van der Waals surface area contributed by atoms with Crippen LogP contribution in [0, 0.1) is 5.92 Å². The van der Waals surface area contributed by atoms with Crippen LogP contribution in [0.4, 0.5) is 22.7 Å². The lowest BCUT2D eigenvalue weighted by Gasteiger charge is -2.12. The summed E-state index contributed by atoms with van der Waals surface area (Å²) in [6, 6.07) is 22.0. The zero-order chi connectivity index (χ0) is 28.3. The number of hydrogen-bond donors (Lipinski definition) is 1. The number of para-hydroxylation sites is 1. The van der Waals surface area contributed by atoms with Crippen LogP contribution in [0.1, 0.15) is 32.3 Å². The molecule has 208 valence electrons. The number of rotatable bonds is 13.